The van der Waals surface area contributed by atoms with E-state index in [9.17, 15) is 0 Å². The van der Waals surface area contributed by atoms with Crippen molar-refractivity contribution in [2.45, 2.75) is 25.9 Å². The summed E-state index contributed by atoms with van der Waals surface area (Å²) < 4.78 is 0. The van der Waals surface area contributed by atoms with Crippen LogP contribution in [0.2, 0.25) is 0 Å². The molecule has 0 aromatic heterocycles. The fraction of sp³-hybridized carbons (Fsp3) is 1.00. The van der Waals surface area contributed by atoms with Crippen LogP contribution in [0.25, 0.3) is 0 Å². The molecule has 0 rings (SSSR count). The summed E-state index contributed by atoms with van der Waals surface area (Å²) in [5, 5.41) is 16.0. The van der Waals surface area contributed by atoms with Gasteiger partial charge in [0, 0.05) is 0 Å². The van der Waals surface area contributed by atoms with E-state index in [4.69, 9.17) is 10.5 Å². The maximum absolute atomic E-state index is 8.10. The van der Waals surface area contributed by atoms with Crippen molar-refractivity contribution in [3.05, 3.63) is 0 Å². The summed E-state index contributed by atoms with van der Waals surface area (Å²) in [5.41, 5.74) is 0. The normalized spacial score (nSPS) is 13.7. The molecule has 4 nitrogen and oxygen atoms in total. The molecular weight excluding hydrogens is 124 g/mol. The van der Waals surface area contributed by atoms with Gasteiger partial charge in [0.1, 0.15) is 12.7 Å². The zero-order valence-electron chi connectivity index (χ0n) is 5.41. The quantitative estimate of drug-likeness (QED) is 0.439. The molecule has 0 saturated heterocycles. The SMILES string of the molecule is CCC[C@H](COO)OO. The van der Waals surface area contributed by atoms with Gasteiger partial charge in [0.25, 0.3) is 0 Å². The van der Waals surface area contributed by atoms with Gasteiger partial charge in [-0.15, -0.1) is 0 Å². The van der Waals surface area contributed by atoms with Crippen LogP contribution in [0.1, 0.15) is 19.8 Å². The smallest absolute Gasteiger partial charge is 0.119 e. The summed E-state index contributed by atoms with van der Waals surface area (Å²) in [4.78, 5) is 7.71. The van der Waals surface area contributed by atoms with E-state index in [1.807, 2.05) is 6.92 Å². The van der Waals surface area contributed by atoms with Gasteiger partial charge in [0.2, 0.25) is 0 Å². The lowest BCUT2D eigenvalue weighted by atomic mass is 10.2. The molecule has 9 heavy (non-hydrogen) atoms. The third-order valence-corrected chi connectivity index (χ3v) is 1.02. The molecule has 0 aromatic carbocycles. The van der Waals surface area contributed by atoms with E-state index in [0.29, 0.717) is 6.42 Å². The maximum Gasteiger partial charge on any atom is 0.119 e. The molecular formula is C5H12O4. The first-order valence-electron chi connectivity index (χ1n) is 2.91. The standard InChI is InChI=1S/C5H12O4/c1-2-3-5(9-7)4-8-6/h5-7H,2-4H2,1H3/t5-/m1/s1. The predicted molar refractivity (Wildman–Crippen MR) is 31.0 cm³/mol. The third-order valence-electron chi connectivity index (χ3n) is 1.02. The second-order valence-electron chi connectivity index (χ2n) is 1.81. The Morgan fingerprint density at radius 1 is 1.44 bits per heavy atom. The highest BCUT2D eigenvalue weighted by Crippen LogP contribution is 1.99. The lowest BCUT2D eigenvalue weighted by Gasteiger charge is -2.07. The Bertz CT molecular complexity index is 50.9. The molecule has 0 aromatic rings. The molecule has 0 aliphatic carbocycles. The van der Waals surface area contributed by atoms with Crippen molar-refractivity contribution >= 4 is 0 Å². The van der Waals surface area contributed by atoms with E-state index in [-0.39, 0.29) is 6.61 Å². The summed E-state index contributed by atoms with van der Waals surface area (Å²) in [5.74, 6) is 0. The molecule has 0 bridgehead atoms. The Hall–Kier alpha value is -0.160. The molecule has 0 radical (unpaired) electrons. The molecule has 0 fully saturated rings. The Morgan fingerprint density at radius 2 is 2.11 bits per heavy atom. The summed E-state index contributed by atoms with van der Waals surface area (Å²) in [6.45, 7) is 1.97. The molecule has 0 unspecified atom stereocenters. The first-order chi connectivity index (χ1) is 4.35. The largest absolute Gasteiger partial charge is 0.252 e. The monoisotopic (exact) mass is 136 g/mol. The predicted octanol–water partition coefficient (Wildman–Crippen LogP) is 1.13. The first kappa shape index (κ1) is 8.84. The van der Waals surface area contributed by atoms with Crippen molar-refractivity contribution in [2.75, 3.05) is 6.61 Å². The van der Waals surface area contributed by atoms with Gasteiger partial charge >= 0.3 is 0 Å². The molecule has 0 amide bonds. The van der Waals surface area contributed by atoms with E-state index in [1.54, 1.807) is 0 Å². The topological polar surface area (TPSA) is 58.9 Å². The fourth-order valence-corrected chi connectivity index (χ4v) is 0.572. The van der Waals surface area contributed by atoms with E-state index >= 15 is 0 Å². The second kappa shape index (κ2) is 5.97. The van der Waals surface area contributed by atoms with Crippen LogP contribution in [0.5, 0.6) is 0 Å². The van der Waals surface area contributed by atoms with Gasteiger partial charge in [-0.25, -0.2) is 9.78 Å². The Balaban J connectivity index is 3.18. The lowest BCUT2D eigenvalue weighted by Crippen LogP contribution is -2.16. The van der Waals surface area contributed by atoms with Crippen molar-refractivity contribution in [3.8, 4) is 0 Å². The van der Waals surface area contributed by atoms with Crippen molar-refractivity contribution in [2.24, 2.45) is 0 Å². The summed E-state index contributed by atoms with van der Waals surface area (Å²) in [6.07, 6.45) is 1.16. The van der Waals surface area contributed by atoms with Gasteiger partial charge in [-0.2, -0.15) is 0 Å². The van der Waals surface area contributed by atoms with Gasteiger partial charge in [0.05, 0.1) is 0 Å². The van der Waals surface area contributed by atoms with Crippen molar-refractivity contribution in [1.82, 2.24) is 0 Å². The molecule has 1 atom stereocenters. The van der Waals surface area contributed by atoms with E-state index in [2.05, 4.69) is 9.78 Å². The zero-order chi connectivity index (χ0) is 7.11. The minimum atomic E-state index is -0.403. The van der Waals surface area contributed by atoms with Gasteiger partial charge in [-0.3, -0.25) is 10.5 Å². The minimum Gasteiger partial charge on any atom is -0.252 e. The van der Waals surface area contributed by atoms with Crippen molar-refractivity contribution in [1.29, 1.82) is 0 Å². The first-order valence-corrected chi connectivity index (χ1v) is 2.91. The fourth-order valence-electron chi connectivity index (χ4n) is 0.572. The zero-order valence-corrected chi connectivity index (χ0v) is 5.41. The summed E-state index contributed by atoms with van der Waals surface area (Å²) in [6, 6.07) is 0. The highest BCUT2D eigenvalue weighted by atomic mass is 17.1. The Labute approximate surface area is 53.9 Å². The summed E-state index contributed by atoms with van der Waals surface area (Å²) >= 11 is 0. The Kier molecular flexibility index (Phi) is 5.86. The van der Waals surface area contributed by atoms with Crippen molar-refractivity contribution in [3.63, 3.8) is 0 Å². The highest BCUT2D eigenvalue weighted by Gasteiger charge is 2.06. The van der Waals surface area contributed by atoms with Crippen LogP contribution in [0, 0.1) is 0 Å². The van der Waals surface area contributed by atoms with Crippen LogP contribution < -0.4 is 0 Å². The number of hydrogen-bond acceptors (Lipinski definition) is 4. The molecule has 56 valence electrons. The van der Waals surface area contributed by atoms with Crippen LogP contribution in [-0.2, 0) is 9.78 Å². The van der Waals surface area contributed by atoms with Crippen LogP contribution in [0.4, 0.5) is 0 Å². The molecule has 0 aliphatic rings. The van der Waals surface area contributed by atoms with Crippen molar-refractivity contribution < 1.29 is 20.3 Å². The number of hydrogen-bond donors (Lipinski definition) is 2. The molecule has 0 heterocycles. The lowest BCUT2D eigenvalue weighted by molar-refractivity contribution is -0.327. The highest BCUT2D eigenvalue weighted by molar-refractivity contribution is 4.50. The van der Waals surface area contributed by atoms with Crippen LogP contribution >= 0.6 is 0 Å². The minimum absolute atomic E-state index is 0.0182. The maximum atomic E-state index is 8.10. The molecule has 2 N–H and O–H groups in total. The van der Waals surface area contributed by atoms with Gasteiger partial charge < -0.3 is 0 Å². The molecule has 0 spiro atoms. The second-order valence-corrected chi connectivity index (χ2v) is 1.81. The van der Waals surface area contributed by atoms with Gasteiger partial charge in [0.15, 0.2) is 0 Å². The van der Waals surface area contributed by atoms with E-state index in [0.717, 1.165) is 6.42 Å². The van der Waals surface area contributed by atoms with E-state index < -0.39 is 6.10 Å². The van der Waals surface area contributed by atoms with Gasteiger partial charge in [-0.05, 0) is 6.42 Å². The average molecular weight is 136 g/mol. The molecule has 4 heteroatoms. The van der Waals surface area contributed by atoms with E-state index in [1.165, 1.54) is 0 Å². The van der Waals surface area contributed by atoms with Crippen LogP contribution in [0.15, 0.2) is 0 Å². The average Bonchev–Trinajstić information content (AvgIpc) is 1.88. The third kappa shape index (κ3) is 4.35. The summed E-state index contributed by atoms with van der Waals surface area (Å²) in [7, 11) is 0. The molecule has 0 saturated carbocycles. The molecule has 0 aliphatic heterocycles. The van der Waals surface area contributed by atoms with Crippen LogP contribution in [0.3, 0.4) is 0 Å². The van der Waals surface area contributed by atoms with Gasteiger partial charge in [-0.1, -0.05) is 13.3 Å². The Morgan fingerprint density at radius 3 is 2.44 bits per heavy atom. The van der Waals surface area contributed by atoms with Crippen LogP contribution in [-0.4, -0.2) is 23.2 Å². The number of rotatable bonds is 5.